The summed E-state index contributed by atoms with van der Waals surface area (Å²) in [7, 11) is -4.94. The first kappa shape index (κ1) is 34.5. The SMILES string of the molecule is CCCCCCCC(C)(C)C(=O)OOS(=O)(=O)ON1C(=O)N2CC1CCC2C(=O)NOCCNC(=O)OC(C)(C)C. The fourth-order valence-electron chi connectivity index (χ4n) is 4.28. The van der Waals surface area contributed by atoms with Gasteiger partial charge < -0.3 is 15.0 Å². The number of nitrogens with zero attached hydrogens (tertiary/aromatic N) is 2. The second kappa shape index (κ2) is 15.0. The molecule has 2 rings (SSSR count). The molecule has 0 aromatic heterocycles. The van der Waals surface area contributed by atoms with E-state index in [1.807, 2.05) is 0 Å². The van der Waals surface area contributed by atoms with Crippen LogP contribution in [0.2, 0.25) is 0 Å². The summed E-state index contributed by atoms with van der Waals surface area (Å²) in [4.78, 5) is 60.3. The zero-order chi connectivity index (χ0) is 30.8. The minimum absolute atomic E-state index is 0.0253. The Bertz CT molecular complexity index is 1030. The molecule has 2 aliphatic rings. The molecular weight excluding hydrogens is 564 g/mol. The molecule has 0 aliphatic carbocycles. The van der Waals surface area contributed by atoms with E-state index >= 15 is 0 Å². The van der Waals surface area contributed by atoms with Crippen molar-refractivity contribution in [3.8, 4) is 0 Å². The molecule has 2 unspecified atom stereocenters. The van der Waals surface area contributed by atoms with Gasteiger partial charge in [-0.2, -0.15) is 13.5 Å². The van der Waals surface area contributed by atoms with Crippen LogP contribution in [0.3, 0.4) is 0 Å². The van der Waals surface area contributed by atoms with Crippen molar-refractivity contribution < 1.29 is 50.7 Å². The molecule has 2 atom stereocenters. The number of alkyl carbamates (subject to hydrolysis) is 1. The molecule has 2 aliphatic heterocycles. The first-order chi connectivity index (χ1) is 19.1. The third-order valence-corrected chi connectivity index (χ3v) is 7.07. The maximum absolute atomic E-state index is 12.9. The quantitative estimate of drug-likeness (QED) is 0.149. The van der Waals surface area contributed by atoms with Crippen molar-refractivity contribution in [2.24, 2.45) is 5.41 Å². The van der Waals surface area contributed by atoms with Gasteiger partial charge >= 0.3 is 28.5 Å². The highest BCUT2D eigenvalue weighted by Gasteiger charge is 2.50. The van der Waals surface area contributed by atoms with Crippen LogP contribution in [0.4, 0.5) is 9.59 Å². The summed E-state index contributed by atoms with van der Waals surface area (Å²) < 4.78 is 38.9. The largest absolute Gasteiger partial charge is 0.456 e. The number of nitrogens with one attached hydrogen (secondary N) is 2. The van der Waals surface area contributed by atoms with E-state index in [4.69, 9.17) is 13.9 Å². The number of amides is 4. The maximum atomic E-state index is 12.9. The van der Waals surface area contributed by atoms with Crippen molar-refractivity contribution in [2.75, 3.05) is 19.7 Å². The van der Waals surface area contributed by atoms with E-state index in [2.05, 4.69) is 26.9 Å². The highest BCUT2D eigenvalue weighted by Crippen LogP contribution is 2.31. The van der Waals surface area contributed by atoms with Crippen LogP contribution in [-0.2, 0) is 43.1 Å². The Kier molecular flexibility index (Phi) is 12.6. The fourth-order valence-corrected chi connectivity index (χ4v) is 4.83. The average molecular weight is 609 g/mol. The highest BCUT2D eigenvalue weighted by atomic mass is 32.3. The lowest BCUT2D eigenvalue weighted by Gasteiger charge is -2.28. The van der Waals surface area contributed by atoms with Gasteiger partial charge in [-0.25, -0.2) is 19.9 Å². The van der Waals surface area contributed by atoms with Gasteiger partial charge in [0.15, 0.2) is 0 Å². The lowest BCUT2D eigenvalue weighted by Crippen LogP contribution is -2.50. The monoisotopic (exact) mass is 608 g/mol. The molecule has 2 saturated heterocycles. The minimum Gasteiger partial charge on any atom is -0.444 e. The predicted molar refractivity (Wildman–Crippen MR) is 143 cm³/mol. The molecule has 2 N–H and O–H groups in total. The van der Waals surface area contributed by atoms with E-state index in [0.717, 1.165) is 37.0 Å². The Labute approximate surface area is 241 Å². The third kappa shape index (κ3) is 11.2. The van der Waals surface area contributed by atoms with Crippen molar-refractivity contribution in [1.29, 1.82) is 0 Å². The Morgan fingerprint density at radius 2 is 1.71 bits per heavy atom. The zero-order valence-corrected chi connectivity index (χ0v) is 25.5. The Morgan fingerprint density at radius 1 is 1.02 bits per heavy atom. The highest BCUT2D eigenvalue weighted by molar-refractivity contribution is 7.81. The molecule has 0 aromatic carbocycles. The molecule has 236 valence electrons. The molecule has 4 amide bonds. The second-order valence-corrected chi connectivity index (χ2v) is 12.8. The fraction of sp³-hybridized carbons (Fsp3) is 0.840. The van der Waals surface area contributed by atoms with Gasteiger partial charge in [-0.3, -0.25) is 14.5 Å². The third-order valence-electron chi connectivity index (χ3n) is 6.49. The smallest absolute Gasteiger partial charge is 0.444 e. The van der Waals surface area contributed by atoms with Crippen molar-refractivity contribution in [3.63, 3.8) is 0 Å². The molecule has 0 radical (unpaired) electrons. The van der Waals surface area contributed by atoms with E-state index < -0.39 is 57.5 Å². The molecule has 2 heterocycles. The molecular formula is C25H44N4O11S. The van der Waals surface area contributed by atoms with Crippen LogP contribution < -0.4 is 10.8 Å². The van der Waals surface area contributed by atoms with Gasteiger partial charge in [-0.05, 0) is 58.2 Å². The predicted octanol–water partition coefficient (Wildman–Crippen LogP) is 2.87. The molecule has 0 saturated carbocycles. The number of hydrogen-bond donors (Lipinski definition) is 2. The molecule has 41 heavy (non-hydrogen) atoms. The first-order valence-electron chi connectivity index (χ1n) is 13.9. The van der Waals surface area contributed by atoms with Gasteiger partial charge in [0.1, 0.15) is 11.6 Å². The topological polar surface area (TPSA) is 179 Å². The minimum atomic E-state index is -4.94. The summed E-state index contributed by atoms with van der Waals surface area (Å²) in [5, 5.41) is 3.07. The van der Waals surface area contributed by atoms with Gasteiger partial charge in [-0.15, -0.1) is 4.28 Å². The van der Waals surface area contributed by atoms with Gasteiger partial charge in [0.05, 0.1) is 18.1 Å². The maximum Gasteiger partial charge on any atom is 0.456 e. The Morgan fingerprint density at radius 3 is 2.37 bits per heavy atom. The van der Waals surface area contributed by atoms with E-state index in [9.17, 15) is 27.6 Å². The number of carbonyl (C=O) groups is 4. The summed E-state index contributed by atoms with van der Waals surface area (Å²) in [6.45, 7) is 10.5. The van der Waals surface area contributed by atoms with Crippen LogP contribution >= 0.6 is 0 Å². The number of urea groups is 1. The molecule has 16 heteroatoms. The standard InChI is InChI=1S/C25H44N4O11S/c1-7-8-9-10-11-14-25(5,6)21(31)38-40-41(34,35)39-29-18-12-13-19(28(17-18)23(29)33)20(30)27-36-16-15-26-22(32)37-24(2,3)4/h18-19H,7-17H2,1-6H3,(H,26,32)(H,27,30). The van der Waals surface area contributed by atoms with Crippen molar-refractivity contribution in [2.45, 2.75) is 111 Å². The number of carbonyl (C=O) groups excluding carboxylic acids is 4. The lowest BCUT2D eigenvalue weighted by molar-refractivity contribution is -0.230. The van der Waals surface area contributed by atoms with Crippen LogP contribution in [0.25, 0.3) is 0 Å². The number of ether oxygens (including phenoxy) is 1. The molecule has 0 aromatic rings. The molecule has 0 spiro atoms. The van der Waals surface area contributed by atoms with E-state index in [-0.39, 0.29) is 32.5 Å². The number of hydrogen-bond acceptors (Lipinski definition) is 11. The van der Waals surface area contributed by atoms with Gasteiger partial charge in [0.25, 0.3) is 5.91 Å². The molecule has 2 bridgehead atoms. The summed E-state index contributed by atoms with van der Waals surface area (Å²) in [5.41, 5.74) is 0.588. The average Bonchev–Trinajstić information content (AvgIpc) is 3.09. The number of rotatable bonds is 16. The van der Waals surface area contributed by atoms with Crippen molar-refractivity contribution in [1.82, 2.24) is 20.8 Å². The van der Waals surface area contributed by atoms with Gasteiger partial charge in [0, 0.05) is 13.1 Å². The van der Waals surface area contributed by atoms with Gasteiger partial charge in [0.2, 0.25) is 0 Å². The summed E-state index contributed by atoms with van der Waals surface area (Å²) in [6.07, 6.45) is 5.26. The Hall–Kier alpha value is -2.69. The Balaban J connectivity index is 1.79. The van der Waals surface area contributed by atoms with E-state index in [0.29, 0.717) is 11.5 Å². The summed E-state index contributed by atoms with van der Waals surface area (Å²) in [5.74, 6) is -1.51. The molecule has 2 fully saturated rings. The normalized spacial score (nSPS) is 19.2. The number of fused-ring (bicyclic) bond motifs is 2. The molecule has 15 nitrogen and oxygen atoms in total. The van der Waals surface area contributed by atoms with Crippen LogP contribution in [-0.4, -0.2) is 79.8 Å². The van der Waals surface area contributed by atoms with Crippen LogP contribution in [0, 0.1) is 5.41 Å². The number of unbranched alkanes of at least 4 members (excludes halogenated alkanes) is 4. The number of piperidine rings is 1. The summed E-state index contributed by atoms with van der Waals surface area (Å²) in [6, 6.07) is -2.48. The van der Waals surface area contributed by atoms with E-state index in [1.165, 1.54) is 0 Å². The zero-order valence-electron chi connectivity index (χ0n) is 24.7. The van der Waals surface area contributed by atoms with Crippen LogP contribution in [0.15, 0.2) is 0 Å². The van der Waals surface area contributed by atoms with Crippen molar-refractivity contribution in [3.05, 3.63) is 0 Å². The first-order valence-corrected chi connectivity index (χ1v) is 15.2. The second-order valence-electron chi connectivity index (χ2n) is 11.7. The van der Waals surface area contributed by atoms with E-state index in [1.54, 1.807) is 34.6 Å². The van der Waals surface area contributed by atoms with Crippen molar-refractivity contribution >= 4 is 34.4 Å². The summed E-state index contributed by atoms with van der Waals surface area (Å²) >= 11 is 0. The van der Waals surface area contributed by atoms with Crippen LogP contribution in [0.5, 0.6) is 0 Å². The number of hydroxylamine groups is 3. The lowest BCUT2D eigenvalue weighted by atomic mass is 9.87. The van der Waals surface area contributed by atoms with Crippen LogP contribution in [0.1, 0.15) is 92.9 Å². The van der Waals surface area contributed by atoms with Gasteiger partial charge in [-0.1, -0.05) is 39.0 Å².